The number of amides is 2. The minimum atomic E-state index is 0.0321. The van der Waals surface area contributed by atoms with Gasteiger partial charge in [-0.25, -0.2) is 4.79 Å². The van der Waals surface area contributed by atoms with Gasteiger partial charge in [0.1, 0.15) is 0 Å². The number of urea groups is 1. The summed E-state index contributed by atoms with van der Waals surface area (Å²) in [5, 5.41) is 6.37. The molecule has 0 spiro atoms. The van der Waals surface area contributed by atoms with E-state index in [0.717, 1.165) is 31.3 Å². The molecule has 1 heterocycles. The van der Waals surface area contributed by atoms with E-state index in [1.807, 2.05) is 0 Å². The van der Waals surface area contributed by atoms with Crippen molar-refractivity contribution in [3.05, 3.63) is 0 Å². The van der Waals surface area contributed by atoms with Crippen LogP contribution in [0.2, 0.25) is 0 Å². The average molecular weight is 322 g/mol. The van der Waals surface area contributed by atoms with Gasteiger partial charge in [0.05, 0.1) is 0 Å². The Kier molecular flexibility index (Phi) is 4.65. The molecule has 1 saturated heterocycles. The van der Waals surface area contributed by atoms with Gasteiger partial charge < -0.3 is 15.5 Å². The van der Waals surface area contributed by atoms with E-state index in [1.165, 1.54) is 38.8 Å². The predicted molar refractivity (Wildman–Crippen MR) is 94.4 cm³/mol. The van der Waals surface area contributed by atoms with Crippen LogP contribution in [0.25, 0.3) is 0 Å². The highest BCUT2D eigenvalue weighted by atomic mass is 16.2. The maximum Gasteiger partial charge on any atom is 0.315 e. The Balaban J connectivity index is 1.42. The van der Waals surface area contributed by atoms with Gasteiger partial charge in [-0.1, -0.05) is 27.7 Å². The first-order valence-corrected chi connectivity index (χ1v) is 9.59. The molecule has 4 unspecified atom stereocenters. The summed E-state index contributed by atoms with van der Waals surface area (Å²) in [6.07, 6.45) is 6.38. The zero-order valence-electron chi connectivity index (χ0n) is 15.5. The number of nitrogens with zero attached hydrogens (tertiary/aromatic N) is 1. The fourth-order valence-electron chi connectivity index (χ4n) is 5.45. The molecule has 1 aliphatic heterocycles. The van der Waals surface area contributed by atoms with Gasteiger partial charge in [-0.3, -0.25) is 0 Å². The second-order valence-electron chi connectivity index (χ2n) is 9.11. The van der Waals surface area contributed by atoms with Crippen molar-refractivity contribution >= 4 is 6.03 Å². The number of carbonyl (C=O) groups excluding carboxylic acids is 1. The summed E-state index contributed by atoms with van der Waals surface area (Å²) in [6.45, 7) is 13.6. The van der Waals surface area contributed by atoms with Gasteiger partial charge in [-0.05, 0) is 61.3 Å². The van der Waals surface area contributed by atoms with Gasteiger partial charge in [0.25, 0.3) is 0 Å². The molecule has 2 aliphatic carbocycles. The highest BCUT2D eigenvalue weighted by Gasteiger charge is 2.61. The average Bonchev–Trinajstić information content (AvgIpc) is 2.80. The highest BCUT2D eigenvalue weighted by Crippen LogP contribution is 2.65. The van der Waals surface area contributed by atoms with E-state index >= 15 is 0 Å². The summed E-state index contributed by atoms with van der Waals surface area (Å²) in [4.78, 5) is 14.8. The molecule has 0 aromatic heterocycles. The Bertz CT molecular complexity index is 450. The minimum Gasteiger partial charge on any atom is -0.337 e. The Hall–Kier alpha value is -0.770. The van der Waals surface area contributed by atoms with E-state index in [4.69, 9.17) is 0 Å². The molecule has 3 aliphatic rings. The topological polar surface area (TPSA) is 44.4 Å². The van der Waals surface area contributed by atoms with E-state index < -0.39 is 0 Å². The molecule has 0 radical (unpaired) electrons. The van der Waals surface area contributed by atoms with Crippen molar-refractivity contribution in [2.75, 3.05) is 26.2 Å². The first-order valence-electron chi connectivity index (χ1n) is 9.59. The molecule has 0 aromatic carbocycles. The molecule has 3 rings (SSSR count). The summed E-state index contributed by atoms with van der Waals surface area (Å²) >= 11 is 0. The van der Waals surface area contributed by atoms with Crippen LogP contribution in [0.5, 0.6) is 0 Å². The normalized spacial score (nSPS) is 39.4. The number of fused-ring (bicyclic) bond motifs is 2. The van der Waals surface area contributed by atoms with Crippen molar-refractivity contribution in [3.8, 4) is 0 Å². The third-order valence-corrected chi connectivity index (χ3v) is 7.55. The van der Waals surface area contributed by atoms with Crippen LogP contribution in [0.4, 0.5) is 4.79 Å². The van der Waals surface area contributed by atoms with Crippen molar-refractivity contribution in [1.82, 2.24) is 15.5 Å². The lowest BCUT2D eigenvalue weighted by molar-refractivity contribution is 0.123. The smallest absolute Gasteiger partial charge is 0.315 e. The fourth-order valence-corrected chi connectivity index (χ4v) is 5.45. The second-order valence-corrected chi connectivity index (χ2v) is 9.11. The van der Waals surface area contributed by atoms with E-state index in [2.05, 4.69) is 43.2 Å². The SMILES string of the molecule is CC1CCCN(CCNC(=O)NC2CC3CCC2(C)C3(C)C)C1. The molecular formula is C19H35N3O. The maximum absolute atomic E-state index is 12.3. The molecule has 2 N–H and O–H groups in total. The van der Waals surface area contributed by atoms with Crippen LogP contribution < -0.4 is 10.6 Å². The van der Waals surface area contributed by atoms with E-state index in [1.54, 1.807) is 0 Å². The number of hydrogen-bond acceptors (Lipinski definition) is 2. The standard InChI is InChI=1S/C19H35N3O/c1-14-6-5-10-22(13-14)11-9-20-17(23)21-16-12-15-7-8-19(16,4)18(15,2)3/h14-16H,5-13H2,1-4H3,(H2,20,21,23). The number of carbonyl (C=O) groups is 1. The van der Waals surface area contributed by atoms with Crippen LogP contribution in [0, 0.1) is 22.7 Å². The Morgan fingerprint density at radius 3 is 2.65 bits per heavy atom. The fraction of sp³-hybridized carbons (Fsp3) is 0.947. The summed E-state index contributed by atoms with van der Waals surface area (Å²) in [6, 6.07) is 0.371. The van der Waals surface area contributed by atoms with Crippen LogP contribution in [-0.4, -0.2) is 43.2 Å². The van der Waals surface area contributed by atoms with Crippen LogP contribution in [0.1, 0.15) is 59.8 Å². The molecule has 4 heteroatoms. The third kappa shape index (κ3) is 3.11. The van der Waals surface area contributed by atoms with Crippen molar-refractivity contribution in [2.24, 2.45) is 22.7 Å². The zero-order valence-corrected chi connectivity index (χ0v) is 15.5. The van der Waals surface area contributed by atoms with Gasteiger partial charge in [0.2, 0.25) is 0 Å². The summed E-state index contributed by atoms with van der Waals surface area (Å²) in [5.41, 5.74) is 0.617. The molecule has 0 aromatic rings. The first-order chi connectivity index (χ1) is 10.8. The molecule has 23 heavy (non-hydrogen) atoms. The lowest BCUT2D eigenvalue weighted by Gasteiger charge is -2.39. The second kappa shape index (κ2) is 6.27. The van der Waals surface area contributed by atoms with Crippen molar-refractivity contribution in [2.45, 2.75) is 65.8 Å². The minimum absolute atomic E-state index is 0.0321. The summed E-state index contributed by atoms with van der Waals surface area (Å²) < 4.78 is 0. The van der Waals surface area contributed by atoms with Crippen molar-refractivity contribution in [3.63, 3.8) is 0 Å². The number of nitrogens with one attached hydrogen (secondary N) is 2. The van der Waals surface area contributed by atoms with Crippen LogP contribution in [0.3, 0.4) is 0 Å². The number of rotatable bonds is 4. The Morgan fingerprint density at radius 2 is 2.04 bits per heavy atom. The monoisotopic (exact) mass is 321 g/mol. The van der Waals surface area contributed by atoms with Crippen molar-refractivity contribution < 1.29 is 4.79 Å². The highest BCUT2D eigenvalue weighted by molar-refractivity contribution is 5.74. The molecular weight excluding hydrogens is 286 g/mol. The molecule has 132 valence electrons. The lowest BCUT2D eigenvalue weighted by atomic mass is 9.69. The maximum atomic E-state index is 12.3. The molecule has 4 atom stereocenters. The largest absolute Gasteiger partial charge is 0.337 e. The Labute approximate surface area is 141 Å². The van der Waals surface area contributed by atoms with Gasteiger partial charge in [-0.15, -0.1) is 0 Å². The number of piperidine rings is 1. The third-order valence-electron chi connectivity index (χ3n) is 7.55. The van der Waals surface area contributed by atoms with Gasteiger partial charge in [0.15, 0.2) is 0 Å². The Morgan fingerprint density at radius 1 is 1.26 bits per heavy atom. The summed E-state index contributed by atoms with van der Waals surface area (Å²) in [5.74, 6) is 1.57. The van der Waals surface area contributed by atoms with E-state index in [9.17, 15) is 4.79 Å². The zero-order chi connectivity index (χ0) is 16.7. The van der Waals surface area contributed by atoms with E-state index in [-0.39, 0.29) is 11.4 Å². The van der Waals surface area contributed by atoms with E-state index in [0.29, 0.717) is 11.5 Å². The number of likely N-dealkylation sites (tertiary alicyclic amines) is 1. The van der Waals surface area contributed by atoms with Crippen LogP contribution in [-0.2, 0) is 0 Å². The van der Waals surface area contributed by atoms with Gasteiger partial charge in [0, 0.05) is 25.7 Å². The quantitative estimate of drug-likeness (QED) is 0.835. The van der Waals surface area contributed by atoms with Crippen LogP contribution in [0.15, 0.2) is 0 Å². The molecule has 2 saturated carbocycles. The van der Waals surface area contributed by atoms with Gasteiger partial charge in [-0.2, -0.15) is 0 Å². The van der Waals surface area contributed by atoms with Gasteiger partial charge >= 0.3 is 6.03 Å². The molecule has 4 nitrogen and oxygen atoms in total. The molecule has 2 bridgehead atoms. The van der Waals surface area contributed by atoms with Crippen LogP contribution >= 0.6 is 0 Å². The predicted octanol–water partition coefficient (Wildman–Crippen LogP) is 3.23. The number of hydrogen-bond donors (Lipinski definition) is 2. The summed E-state index contributed by atoms with van der Waals surface area (Å²) in [7, 11) is 0. The lowest BCUT2D eigenvalue weighted by Crippen LogP contribution is -2.51. The molecule has 2 amide bonds. The molecule has 3 fully saturated rings. The first kappa shape index (κ1) is 17.1. The van der Waals surface area contributed by atoms with Crippen molar-refractivity contribution in [1.29, 1.82) is 0 Å².